The zero-order chi connectivity index (χ0) is 22.5. The Morgan fingerprint density at radius 2 is 1.71 bits per heavy atom. The molecule has 2 aromatic carbocycles. The Kier molecular flexibility index (Phi) is 7.42. The van der Waals surface area contributed by atoms with E-state index in [1.165, 1.54) is 19.3 Å². The third kappa shape index (κ3) is 4.95. The molecule has 3 rings (SSSR count). The van der Waals surface area contributed by atoms with E-state index in [4.69, 9.17) is 14.2 Å². The van der Waals surface area contributed by atoms with Crippen LogP contribution in [0.4, 0.5) is 0 Å². The molecule has 1 saturated heterocycles. The zero-order valence-electron chi connectivity index (χ0n) is 17.2. The second-order valence-corrected chi connectivity index (χ2v) is 7.18. The maximum atomic E-state index is 12.6. The van der Waals surface area contributed by atoms with Crippen molar-refractivity contribution >= 4 is 11.9 Å². The number of benzene rings is 2. The molecule has 0 amide bonds. The summed E-state index contributed by atoms with van der Waals surface area (Å²) in [6.07, 6.45) is -3.38. The van der Waals surface area contributed by atoms with Crippen molar-refractivity contribution in [3.05, 3.63) is 65.2 Å². The number of aliphatic hydroxyl groups is 4. The molecule has 1 unspecified atom stereocenters. The Morgan fingerprint density at radius 1 is 1.00 bits per heavy atom. The van der Waals surface area contributed by atoms with E-state index in [-0.39, 0.29) is 11.5 Å². The minimum absolute atomic E-state index is 0.255. The molecule has 8 nitrogen and oxygen atoms in total. The van der Waals surface area contributed by atoms with Crippen molar-refractivity contribution in [2.75, 3.05) is 20.8 Å². The van der Waals surface area contributed by atoms with Crippen LogP contribution in [-0.4, -0.2) is 71.5 Å². The highest BCUT2D eigenvalue weighted by atomic mass is 16.5. The number of rotatable bonds is 7. The van der Waals surface area contributed by atoms with Crippen molar-refractivity contribution < 1.29 is 39.4 Å². The van der Waals surface area contributed by atoms with Crippen molar-refractivity contribution in [2.45, 2.75) is 30.5 Å². The van der Waals surface area contributed by atoms with Crippen LogP contribution in [0.15, 0.2) is 48.5 Å². The molecule has 0 bridgehead atoms. The van der Waals surface area contributed by atoms with Crippen LogP contribution in [0.5, 0.6) is 11.5 Å². The molecule has 31 heavy (non-hydrogen) atoms. The molecule has 0 aromatic heterocycles. The normalized spacial score (nSPS) is 26.1. The van der Waals surface area contributed by atoms with Gasteiger partial charge < -0.3 is 34.6 Å². The monoisotopic (exact) mass is 430 g/mol. The van der Waals surface area contributed by atoms with Crippen LogP contribution in [-0.2, 0) is 4.74 Å². The lowest BCUT2D eigenvalue weighted by Gasteiger charge is -2.40. The minimum Gasteiger partial charge on any atom is -0.497 e. The van der Waals surface area contributed by atoms with Gasteiger partial charge in [-0.15, -0.1) is 0 Å². The summed E-state index contributed by atoms with van der Waals surface area (Å²) in [6, 6.07) is 11.9. The van der Waals surface area contributed by atoms with Gasteiger partial charge in [0.25, 0.3) is 0 Å². The highest BCUT2D eigenvalue weighted by molar-refractivity contribution is 6.07. The number of carbonyl (C=O) groups is 1. The molecule has 4 N–H and O–H groups in total. The van der Waals surface area contributed by atoms with Crippen LogP contribution in [0.1, 0.15) is 27.6 Å². The third-order valence-corrected chi connectivity index (χ3v) is 5.26. The number of hydrogen-bond donors (Lipinski definition) is 4. The summed E-state index contributed by atoms with van der Waals surface area (Å²) in [5.74, 6) is 0.736. The average molecular weight is 430 g/mol. The molecule has 1 heterocycles. The zero-order valence-corrected chi connectivity index (χ0v) is 17.2. The second-order valence-electron chi connectivity index (χ2n) is 7.18. The van der Waals surface area contributed by atoms with Gasteiger partial charge in [-0.2, -0.15) is 0 Å². The van der Waals surface area contributed by atoms with Gasteiger partial charge >= 0.3 is 0 Å². The van der Waals surface area contributed by atoms with Gasteiger partial charge in [-0.1, -0.05) is 30.3 Å². The number of methoxy groups -OCH3 is 2. The van der Waals surface area contributed by atoms with Gasteiger partial charge in [0.05, 0.1) is 20.8 Å². The predicted octanol–water partition coefficient (Wildman–Crippen LogP) is 1.11. The standard InChI is InChI=1S/C23H26O8/c1-29-15-7-3-13(4-8-15)5-10-17(25)14-6-9-16(18(11-14)30-2)23-22(28)21(27)20(26)19(12-24)31-23/h3-11,19-24,26-28H,12H2,1-2H3/t19-,20-,21+,22-,23?/m1/s1. The van der Waals surface area contributed by atoms with Gasteiger partial charge in [-0.05, 0) is 29.8 Å². The first kappa shape index (κ1) is 22.9. The van der Waals surface area contributed by atoms with Gasteiger partial charge in [0.1, 0.15) is 42.0 Å². The third-order valence-electron chi connectivity index (χ3n) is 5.26. The molecule has 1 fully saturated rings. The summed E-state index contributed by atoms with van der Waals surface area (Å²) < 4.78 is 16.1. The number of carbonyl (C=O) groups excluding carboxylic acids is 1. The Hall–Kier alpha value is -2.75. The topological polar surface area (TPSA) is 126 Å². The largest absolute Gasteiger partial charge is 0.497 e. The van der Waals surface area contributed by atoms with E-state index in [1.54, 1.807) is 37.5 Å². The summed E-state index contributed by atoms with van der Waals surface area (Å²) in [4.78, 5) is 12.6. The fraction of sp³-hybridized carbons (Fsp3) is 0.348. The van der Waals surface area contributed by atoms with Crippen molar-refractivity contribution in [1.29, 1.82) is 0 Å². The molecule has 2 aromatic rings. The van der Waals surface area contributed by atoms with Crippen molar-refractivity contribution in [1.82, 2.24) is 0 Å². The number of ketones is 1. The van der Waals surface area contributed by atoms with Gasteiger partial charge in [0, 0.05) is 11.1 Å². The van der Waals surface area contributed by atoms with Crippen LogP contribution in [0.3, 0.4) is 0 Å². The molecule has 1 aliphatic rings. The summed E-state index contributed by atoms with van der Waals surface area (Å²) in [7, 11) is 2.99. The smallest absolute Gasteiger partial charge is 0.185 e. The molecular formula is C23H26O8. The number of hydrogen-bond acceptors (Lipinski definition) is 8. The summed E-state index contributed by atoms with van der Waals surface area (Å²) in [6.45, 7) is -0.531. The lowest BCUT2D eigenvalue weighted by Crippen LogP contribution is -2.55. The van der Waals surface area contributed by atoms with E-state index in [1.807, 2.05) is 12.1 Å². The lowest BCUT2D eigenvalue weighted by molar-refractivity contribution is -0.232. The Bertz CT molecular complexity index is 922. The number of allylic oxidation sites excluding steroid dienone is 1. The number of ether oxygens (including phenoxy) is 3. The quantitative estimate of drug-likeness (QED) is 0.380. The predicted molar refractivity (Wildman–Crippen MR) is 112 cm³/mol. The van der Waals surface area contributed by atoms with Crippen LogP contribution in [0.25, 0.3) is 6.08 Å². The Morgan fingerprint density at radius 3 is 2.32 bits per heavy atom. The van der Waals surface area contributed by atoms with Crippen LogP contribution < -0.4 is 9.47 Å². The Balaban J connectivity index is 1.81. The first-order valence-corrected chi connectivity index (χ1v) is 9.74. The first-order valence-electron chi connectivity index (χ1n) is 9.74. The highest BCUT2D eigenvalue weighted by Crippen LogP contribution is 2.37. The maximum Gasteiger partial charge on any atom is 0.185 e. The van der Waals surface area contributed by atoms with Crippen molar-refractivity contribution in [2.24, 2.45) is 0 Å². The molecule has 166 valence electrons. The molecule has 0 aliphatic carbocycles. The van der Waals surface area contributed by atoms with Crippen LogP contribution in [0.2, 0.25) is 0 Å². The van der Waals surface area contributed by atoms with E-state index in [9.17, 15) is 25.2 Å². The second kappa shape index (κ2) is 10.0. The van der Waals surface area contributed by atoms with Crippen molar-refractivity contribution in [3.63, 3.8) is 0 Å². The molecule has 1 aliphatic heterocycles. The number of aliphatic hydroxyl groups excluding tert-OH is 4. The van der Waals surface area contributed by atoms with E-state index in [0.717, 1.165) is 11.3 Å². The van der Waals surface area contributed by atoms with E-state index in [0.29, 0.717) is 11.1 Å². The van der Waals surface area contributed by atoms with E-state index >= 15 is 0 Å². The van der Waals surface area contributed by atoms with Gasteiger partial charge in [-0.3, -0.25) is 4.79 Å². The molecule has 5 atom stereocenters. The van der Waals surface area contributed by atoms with Crippen LogP contribution >= 0.6 is 0 Å². The average Bonchev–Trinajstić information content (AvgIpc) is 2.81. The SMILES string of the molecule is COc1ccc(C=CC(=O)c2ccc(C3O[C@H](CO)[C@@H](O)[C@H](O)[C@H]3O)c(OC)c2)cc1. The van der Waals surface area contributed by atoms with Gasteiger partial charge in [0.15, 0.2) is 5.78 Å². The molecule has 0 saturated carbocycles. The van der Waals surface area contributed by atoms with Crippen LogP contribution in [0, 0.1) is 0 Å². The molecular weight excluding hydrogens is 404 g/mol. The first-order chi connectivity index (χ1) is 14.9. The fourth-order valence-corrected chi connectivity index (χ4v) is 3.44. The fourth-order valence-electron chi connectivity index (χ4n) is 3.44. The summed E-state index contributed by atoms with van der Waals surface area (Å²) >= 11 is 0. The molecule has 8 heteroatoms. The maximum absolute atomic E-state index is 12.6. The lowest BCUT2D eigenvalue weighted by atomic mass is 9.90. The van der Waals surface area contributed by atoms with Gasteiger partial charge in [-0.25, -0.2) is 0 Å². The summed E-state index contributed by atoms with van der Waals surface area (Å²) in [5, 5.41) is 39.8. The highest BCUT2D eigenvalue weighted by Gasteiger charge is 2.44. The molecule has 0 spiro atoms. The minimum atomic E-state index is -1.51. The van der Waals surface area contributed by atoms with Crippen molar-refractivity contribution in [3.8, 4) is 11.5 Å². The van der Waals surface area contributed by atoms with Gasteiger partial charge in [0.2, 0.25) is 0 Å². The summed E-state index contributed by atoms with van der Waals surface area (Å²) in [5.41, 5.74) is 1.57. The van der Waals surface area contributed by atoms with E-state index < -0.39 is 37.1 Å². The molecule has 0 radical (unpaired) electrons. The Labute approximate surface area is 179 Å². The van der Waals surface area contributed by atoms with E-state index in [2.05, 4.69) is 0 Å².